The molecule has 7 nitrogen and oxygen atoms in total. The van der Waals surface area contributed by atoms with Crippen molar-refractivity contribution >= 4 is 23.2 Å². The van der Waals surface area contributed by atoms with Gasteiger partial charge in [0.05, 0.1) is 18.2 Å². The van der Waals surface area contributed by atoms with Crippen LogP contribution in [0.2, 0.25) is 0 Å². The average Bonchev–Trinajstić information content (AvgIpc) is 3.69. The van der Waals surface area contributed by atoms with E-state index in [4.69, 9.17) is 0 Å². The Morgan fingerprint density at radius 3 is 2.46 bits per heavy atom. The molecule has 0 saturated carbocycles. The molecular formula is C38H46N4O3S. The molecule has 0 spiro atoms. The van der Waals surface area contributed by atoms with E-state index in [-0.39, 0.29) is 23.3 Å². The first kappa shape index (κ1) is 33.5. The van der Waals surface area contributed by atoms with Crippen molar-refractivity contribution in [1.82, 2.24) is 20.5 Å². The molecule has 2 heterocycles. The number of thiazole rings is 1. The maximum absolute atomic E-state index is 13.8. The van der Waals surface area contributed by atoms with Crippen molar-refractivity contribution in [3.63, 3.8) is 0 Å². The number of nitrogens with one attached hydrogen (secondary N) is 2. The molecule has 0 radical (unpaired) electrons. The zero-order chi connectivity index (χ0) is 32.8. The van der Waals surface area contributed by atoms with E-state index in [2.05, 4.69) is 60.7 Å². The van der Waals surface area contributed by atoms with Crippen LogP contribution in [0.4, 0.5) is 0 Å². The first-order valence-corrected chi connectivity index (χ1v) is 17.0. The summed E-state index contributed by atoms with van der Waals surface area (Å²) in [5.74, 6) is -0.405. The monoisotopic (exact) mass is 638 g/mol. The summed E-state index contributed by atoms with van der Waals surface area (Å²) < 4.78 is 0. The quantitative estimate of drug-likeness (QED) is 0.174. The molecule has 0 aliphatic carbocycles. The maximum Gasteiger partial charge on any atom is 0.254 e. The first-order chi connectivity index (χ1) is 22.0. The maximum atomic E-state index is 13.8. The first-order valence-electron chi connectivity index (χ1n) is 16.2. The number of likely N-dealkylation sites (tertiary alicyclic amines) is 1. The fourth-order valence-electron chi connectivity index (χ4n) is 6.05. The van der Waals surface area contributed by atoms with E-state index >= 15 is 0 Å². The van der Waals surface area contributed by atoms with Crippen LogP contribution in [0.1, 0.15) is 93.3 Å². The zero-order valence-electron chi connectivity index (χ0n) is 27.5. The Hall–Kier alpha value is -3.85. The van der Waals surface area contributed by atoms with Crippen molar-refractivity contribution in [2.45, 2.75) is 84.0 Å². The SMILES string of the molecule is Cc1cc(C(=O)NC(Cc2ccccc2)C(O)CNCc2cccc(C(C)(C)C)c2)cc(C(=O)N2CCCC2c2nc(C)cs2)c1. The molecular weight excluding hydrogens is 593 g/mol. The van der Waals surface area contributed by atoms with E-state index < -0.39 is 12.1 Å². The Balaban J connectivity index is 1.29. The number of hydrogen-bond donors (Lipinski definition) is 3. The molecule has 3 aromatic carbocycles. The lowest BCUT2D eigenvalue weighted by Crippen LogP contribution is -2.48. The largest absolute Gasteiger partial charge is 0.390 e. The summed E-state index contributed by atoms with van der Waals surface area (Å²) >= 11 is 1.59. The molecule has 4 aromatic rings. The van der Waals surface area contributed by atoms with Gasteiger partial charge in [-0.1, -0.05) is 75.4 Å². The molecule has 1 aliphatic heterocycles. The van der Waals surface area contributed by atoms with Crippen LogP contribution in [-0.2, 0) is 18.4 Å². The Morgan fingerprint density at radius 1 is 1.00 bits per heavy atom. The predicted molar refractivity (Wildman–Crippen MR) is 185 cm³/mol. The molecule has 3 atom stereocenters. The summed E-state index contributed by atoms with van der Waals surface area (Å²) in [6.07, 6.45) is 1.43. The Labute approximate surface area is 277 Å². The lowest BCUT2D eigenvalue weighted by molar-refractivity contribution is 0.0735. The van der Waals surface area contributed by atoms with Gasteiger partial charge in [-0.25, -0.2) is 4.98 Å². The Morgan fingerprint density at radius 2 is 1.74 bits per heavy atom. The minimum atomic E-state index is -0.840. The highest BCUT2D eigenvalue weighted by Gasteiger charge is 2.33. The van der Waals surface area contributed by atoms with E-state index in [0.29, 0.717) is 37.2 Å². The van der Waals surface area contributed by atoms with Crippen LogP contribution < -0.4 is 10.6 Å². The van der Waals surface area contributed by atoms with Gasteiger partial charge in [-0.3, -0.25) is 9.59 Å². The second-order valence-corrected chi connectivity index (χ2v) is 14.4. The number of aryl methyl sites for hydroxylation is 2. The van der Waals surface area contributed by atoms with Crippen molar-refractivity contribution in [2.75, 3.05) is 13.1 Å². The molecule has 1 aliphatic rings. The minimum Gasteiger partial charge on any atom is -0.390 e. The highest BCUT2D eigenvalue weighted by Crippen LogP contribution is 2.35. The average molecular weight is 639 g/mol. The van der Waals surface area contributed by atoms with Crippen LogP contribution in [0, 0.1) is 13.8 Å². The molecule has 3 N–H and O–H groups in total. The van der Waals surface area contributed by atoms with Gasteiger partial charge < -0.3 is 20.6 Å². The van der Waals surface area contributed by atoms with E-state index in [1.165, 1.54) is 5.56 Å². The number of benzene rings is 3. The molecule has 3 unspecified atom stereocenters. The minimum absolute atomic E-state index is 0.0437. The summed E-state index contributed by atoms with van der Waals surface area (Å²) in [7, 11) is 0. The lowest BCUT2D eigenvalue weighted by Gasteiger charge is -2.26. The van der Waals surface area contributed by atoms with Crippen LogP contribution in [0.3, 0.4) is 0 Å². The van der Waals surface area contributed by atoms with Gasteiger partial charge in [-0.05, 0) is 79.0 Å². The van der Waals surface area contributed by atoms with Crippen LogP contribution in [0.5, 0.6) is 0 Å². The molecule has 8 heteroatoms. The molecule has 1 saturated heterocycles. The Bertz CT molecular complexity index is 1650. The Kier molecular flexibility index (Phi) is 10.7. The number of hydrogen-bond acceptors (Lipinski definition) is 6. The van der Waals surface area contributed by atoms with Gasteiger partial charge in [0, 0.05) is 41.8 Å². The normalized spacial score (nSPS) is 16.3. The number of carbonyl (C=O) groups excluding carboxylic acids is 2. The number of aliphatic hydroxyl groups is 1. The number of aromatic nitrogens is 1. The van der Waals surface area contributed by atoms with E-state index in [1.807, 2.05) is 60.5 Å². The van der Waals surface area contributed by atoms with Crippen LogP contribution in [0.15, 0.2) is 78.2 Å². The standard InChI is InChI=1S/C38H46N4O3S/c1-25-17-29(21-30(18-25)37(45)42-16-10-15-33(42)36-40-26(2)24-46-36)35(44)41-32(20-27-11-7-6-8-12-27)34(43)23-39-22-28-13-9-14-31(19-28)38(3,4)5/h6-9,11-14,17-19,21,24,32-34,39,43H,10,15-16,20,22-23H2,1-5H3,(H,41,44). The van der Waals surface area contributed by atoms with Crippen LogP contribution in [0.25, 0.3) is 0 Å². The molecule has 1 fully saturated rings. The second kappa shape index (κ2) is 14.7. The van der Waals surface area contributed by atoms with E-state index in [1.54, 1.807) is 23.5 Å². The smallest absolute Gasteiger partial charge is 0.254 e. The van der Waals surface area contributed by atoms with E-state index in [0.717, 1.165) is 40.2 Å². The van der Waals surface area contributed by atoms with Crippen molar-refractivity contribution in [2.24, 2.45) is 0 Å². The van der Waals surface area contributed by atoms with Crippen molar-refractivity contribution in [3.8, 4) is 0 Å². The van der Waals surface area contributed by atoms with Gasteiger partial charge in [0.15, 0.2) is 0 Å². The van der Waals surface area contributed by atoms with Gasteiger partial charge in [-0.15, -0.1) is 11.3 Å². The fraction of sp³-hybridized carbons (Fsp3) is 0.395. The lowest BCUT2D eigenvalue weighted by atomic mass is 9.86. The summed E-state index contributed by atoms with van der Waals surface area (Å²) in [5.41, 5.74) is 6.16. The number of nitrogens with zero attached hydrogens (tertiary/aromatic N) is 2. The van der Waals surface area contributed by atoms with Gasteiger partial charge in [0.1, 0.15) is 5.01 Å². The highest BCUT2D eigenvalue weighted by atomic mass is 32.1. The summed E-state index contributed by atoms with van der Waals surface area (Å²) in [6, 6.07) is 23.1. The third-order valence-electron chi connectivity index (χ3n) is 8.58. The van der Waals surface area contributed by atoms with Crippen molar-refractivity contribution < 1.29 is 14.7 Å². The number of aliphatic hydroxyl groups excluding tert-OH is 1. The number of carbonyl (C=O) groups is 2. The molecule has 242 valence electrons. The van der Waals surface area contributed by atoms with Crippen LogP contribution in [-0.4, -0.2) is 52.0 Å². The van der Waals surface area contributed by atoms with Gasteiger partial charge >= 0.3 is 0 Å². The predicted octanol–water partition coefficient (Wildman–Crippen LogP) is 6.53. The molecule has 46 heavy (non-hydrogen) atoms. The fourth-order valence-corrected chi connectivity index (χ4v) is 7.00. The third kappa shape index (κ3) is 8.49. The topological polar surface area (TPSA) is 94.6 Å². The van der Waals surface area contributed by atoms with Crippen molar-refractivity contribution in [1.29, 1.82) is 0 Å². The second-order valence-electron chi connectivity index (χ2n) is 13.5. The van der Waals surface area contributed by atoms with Crippen molar-refractivity contribution in [3.05, 3.63) is 122 Å². The highest BCUT2D eigenvalue weighted by molar-refractivity contribution is 7.09. The molecule has 0 bridgehead atoms. The molecule has 1 aromatic heterocycles. The summed E-state index contributed by atoms with van der Waals surface area (Å²) in [6.45, 7) is 12.0. The zero-order valence-corrected chi connectivity index (χ0v) is 28.4. The third-order valence-corrected chi connectivity index (χ3v) is 9.64. The molecule has 2 amide bonds. The van der Waals surface area contributed by atoms with Gasteiger partial charge in [-0.2, -0.15) is 0 Å². The summed E-state index contributed by atoms with van der Waals surface area (Å²) in [4.78, 5) is 34.0. The molecule has 5 rings (SSSR count). The number of rotatable bonds is 11. The summed E-state index contributed by atoms with van der Waals surface area (Å²) in [5, 5.41) is 20.8. The van der Waals surface area contributed by atoms with Gasteiger partial charge in [0.2, 0.25) is 0 Å². The number of amides is 2. The van der Waals surface area contributed by atoms with E-state index in [9.17, 15) is 14.7 Å². The van der Waals surface area contributed by atoms with Crippen LogP contribution >= 0.6 is 11.3 Å². The van der Waals surface area contributed by atoms with Gasteiger partial charge in [0.25, 0.3) is 11.8 Å².